The second kappa shape index (κ2) is 61.7. The first-order valence-electron chi connectivity index (χ1n) is 35.8. The van der Waals surface area contributed by atoms with Crippen molar-refractivity contribution < 1.29 is 80.2 Å². The zero-order valence-electron chi connectivity index (χ0n) is 57.2. The van der Waals surface area contributed by atoms with Gasteiger partial charge in [-0.25, -0.2) is 9.13 Å². The van der Waals surface area contributed by atoms with E-state index < -0.39 is 97.5 Å². The monoisotopic (exact) mass is 1310 g/mol. The van der Waals surface area contributed by atoms with E-state index in [-0.39, 0.29) is 25.7 Å². The van der Waals surface area contributed by atoms with Gasteiger partial charge in [0.05, 0.1) is 26.4 Å². The summed E-state index contributed by atoms with van der Waals surface area (Å²) < 4.78 is 68.2. The van der Waals surface area contributed by atoms with Gasteiger partial charge in [0.1, 0.15) is 19.3 Å². The normalized spacial score (nSPS) is 14.3. The molecule has 0 aliphatic carbocycles. The SMILES string of the molecule is CCCCCC/C=C\C=C/CCCCCCCC(=O)O[C@H](COC(=O)CCCCCCCCCCCCCCCC)COP(=O)(O)OC[C@@H](O)COP(=O)(O)OC[C@@H](COC(=O)CCCCCCCCCC(C)C)OC(=O)CCCCCCCCCC(C)C. The highest BCUT2D eigenvalue weighted by atomic mass is 31.2. The average molecular weight is 1310 g/mol. The van der Waals surface area contributed by atoms with Crippen molar-refractivity contribution >= 4 is 39.5 Å². The van der Waals surface area contributed by atoms with Gasteiger partial charge in [-0.1, -0.05) is 278 Å². The van der Waals surface area contributed by atoms with Gasteiger partial charge in [-0.05, 0) is 63.2 Å². The van der Waals surface area contributed by atoms with Crippen LogP contribution in [-0.2, 0) is 65.4 Å². The van der Waals surface area contributed by atoms with Crippen LogP contribution < -0.4 is 0 Å². The van der Waals surface area contributed by atoms with E-state index in [0.29, 0.717) is 37.5 Å². The maximum absolute atomic E-state index is 13.0. The van der Waals surface area contributed by atoms with Crippen LogP contribution in [0.25, 0.3) is 0 Å². The second-order valence-corrected chi connectivity index (χ2v) is 28.4. The molecule has 17 nitrogen and oxygen atoms in total. The number of ether oxygens (including phenoxy) is 4. The predicted octanol–water partition coefficient (Wildman–Crippen LogP) is 19.5. The highest BCUT2D eigenvalue weighted by Crippen LogP contribution is 2.45. The van der Waals surface area contributed by atoms with E-state index in [4.69, 9.17) is 37.0 Å². The fraction of sp³-hybridized carbons (Fsp3) is 0.886. The summed E-state index contributed by atoms with van der Waals surface area (Å²) in [5, 5.41) is 10.6. The maximum Gasteiger partial charge on any atom is 0.472 e. The zero-order valence-corrected chi connectivity index (χ0v) is 59.0. The molecule has 19 heteroatoms. The number of unbranched alkanes of at least 4 members (excludes halogenated alkanes) is 34. The molecule has 0 saturated heterocycles. The third-order valence-electron chi connectivity index (χ3n) is 15.6. The number of allylic oxidation sites excluding steroid dienone is 4. The third kappa shape index (κ3) is 64.1. The van der Waals surface area contributed by atoms with Crippen LogP contribution in [0.15, 0.2) is 24.3 Å². The lowest BCUT2D eigenvalue weighted by Crippen LogP contribution is -2.30. The Morgan fingerprint density at radius 1 is 0.348 bits per heavy atom. The number of carbonyl (C=O) groups excluding carboxylic acids is 4. The molecular weight excluding hydrogens is 1170 g/mol. The number of esters is 4. The molecule has 5 atom stereocenters. The van der Waals surface area contributed by atoms with Gasteiger partial charge in [0.2, 0.25) is 0 Å². The van der Waals surface area contributed by atoms with Crippen LogP contribution in [0.4, 0.5) is 0 Å². The van der Waals surface area contributed by atoms with E-state index in [1.54, 1.807) is 0 Å². The summed E-state index contributed by atoms with van der Waals surface area (Å²) in [6, 6.07) is 0. The summed E-state index contributed by atoms with van der Waals surface area (Å²) in [6.07, 6.45) is 49.5. The Labute approximate surface area is 542 Å². The minimum absolute atomic E-state index is 0.0850. The Kier molecular flexibility index (Phi) is 60.0. The van der Waals surface area contributed by atoms with Crippen LogP contribution in [0.2, 0.25) is 0 Å². The summed E-state index contributed by atoms with van der Waals surface area (Å²) in [6.45, 7) is 9.36. The lowest BCUT2D eigenvalue weighted by molar-refractivity contribution is -0.161. The molecule has 524 valence electrons. The first kappa shape index (κ1) is 86.5. The van der Waals surface area contributed by atoms with Gasteiger partial charge in [0.25, 0.3) is 0 Å². The molecule has 2 unspecified atom stereocenters. The number of hydrogen-bond donors (Lipinski definition) is 3. The van der Waals surface area contributed by atoms with Gasteiger partial charge >= 0.3 is 39.5 Å². The van der Waals surface area contributed by atoms with Crippen molar-refractivity contribution in [2.45, 2.75) is 349 Å². The molecule has 3 N–H and O–H groups in total. The summed E-state index contributed by atoms with van der Waals surface area (Å²) in [5.41, 5.74) is 0. The van der Waals surface area contributed by atoms with Crippen molar-refractivity contribution in [3.63, 3.8) is 0 Å². The highest BCUT2D eigenvalue weighted by Gasteiger charge is 2.30. The van der Waals surface area contributed by atoms with Gasteiger partial charge < -0.3 is 33.8 Å². The molecule has 0 saturated carbocycles. The largest absolute Gasteiger partial charge is 0.472 e. The summed E-state index contributed by atoms with van der Waals surface area (Å²) in [4.78, 5) is 72.5. The molecule has 0 radical (unpaired) electrons. The molecule has 0 aliphatic rings. The van der Waals surface area contributed by atoms with Crippen molar-refractivity contribution in [1.29, 1.82) is 0 Å². The first-order chi connectivity index (χ1) is 42.9. The molecule has 0 fully saturated rings. The van der Waals surface area contributed by atoms with Crippen molar-refractivity contribution in [2.24, 2.45) is 11.8 Å². The fourth-order valence-corrected chi connectivity index (χ4v) is 11.6. The molecule has 0 aliphatic heterocycles. The van der Waals surface area contributed by atoms with Crippen LogP contribution in [0.5, 0.6) is 0 Å². The minimum Gasteiger partial charge on any atom is -0.462 e. The van der Waals surface area contributed by atoms with Crippen molar-refractivity contribution in [2.75, 3.05) is 39.6 Å². The zero-order chi connectivity index (χ0) is 65.7. The summed E-state index contributed by atoms with van der Waals surface area (Å²) in [5.74, 6) is -0.760. The van der Waals surface area contributed by atoms with E-state index in [1.807, 2.05) is 0 Å². The van der Waals surface area contributed by atoms with Gasteiger partial charge in [0.15, 0.2) is 12.2 Å². The number of aliphatic hydroxyl groups is 1. The quantitative estimate of drug-likeness (QED) is 0.0169. The summed E-state index contributed by atoms with van der Waals surface area (Å²) >= 11 is 0. The van der Waals surface area contributed by atoms with E-state index in [9.17, 15) is 43.2 Å². The van der Waals surface area contributed by atoms with E-state index >= 15 is 0 Å². The number of phosphoric ester groups is 2. The molecule has 0 spiro atoms. The molecule has 0 rings (SSSR count). The number of hydrogen-bond acceptors (Lipinski definition) is 15. The lowest BCUT2D eigenvalue weighted by atomic mass is 10.0. The molecule has 0 aromatic rings. The van der Waals surface area contributed by atoms with Crippen LogP contribution >= 0.6 is 15.6 Å². The molecule has 0 heterocycles. The van der Waals surface area contributed by atoms with Gasteiger partial charge in [-0.15, -0.1) is 0 Å². The van der Waals surface area contributed by atoms with Crippen LogP contribution in [0.3, 0.4) is 0 Å². The molecule has 89 heavy (non-hydrogen) atoms. The number of carbonyl (C=O) groups is 4. The Balaban J connectivity index is 5.28. The van der Waals surface area contributed by atoms with E-state index in [1.165, 1.54) is 128 Å². The second-order valence-electron chi connectivity index (χ2n) is 25.5. The third-order valence-corrected chi connectivity index (χ3v) is 17.5. The van der Waals surface area contributed by atoms with Gasteiger partial charge in [-0.3, -0.25) is 37.3 Å². The maximum atomic E-state index is 13.0. The van der Waals surface area contributed by atoms with Crippen molar-refractivity contribution in [1.82, 2.24) is 0 Å². The topological polar surface area (TPSA) is 237 Å². The number of rotatable bonds is 67. The van der Waals surface area contributed by atoms with Crippen LogP contribution in [-0.4, -0.2) is 96.7 Å². The van der Waals surface area contributed by atoms with E-state index in [2.05, 4.69) is 65.8 Å². The average Bonchev–Trinajstić information content (AvgIpc) is 3.71. The van der Waals surface area contributed by atoms with Crippen molar-refractivity contribution in [3.05, 3.63) is 24.3 Å². The molecular formula is C70H132O17P2. The number of aliphatic hydroxyl groups excluding tert-OH is 1. The fourth-order valence-electron chi connectivity index (χ4n) is 10.1. The first-order valence-corrected chi connectivity index (χ1v) is 38.8. The van der Waals surface area contributed by atoms with Gasteiger partial charge in [-0.2, -0.15) is 0 Å². The molecule has 0 amide bonds. The Morgan fingerprint density at radius 2 is 0.607 bits per heavy atom. The molecule has 0 aromatic carbocycles. The number of phosphoric acid groups is 2. The van der Waals surface area contributed by atoms with E-state index in [0.717, 1.165) is 109 Å². The van der Waals surface area contributed by atoms with Crippen molar-refractivity contribution in [3.8, 4) is 0 Å². The smallest absolute Gasteiger partial charge is 0.462 e. The Hall–Kier alpha value is -2.46. The molecule has 0 bridgehead atoms. The minimum atomic E-state index is -4.96. The van der Waals surface area contributed by atoms with Crippen LogP contribution in [0, 0.1) is 11.8 Å². The van der Waals surface area contributed by atoms with Crippen LogP contribution in [0.1, 0.15) is 330 Å². The Morgan fingerprint density at radius 3 is 0.921 bits per heavy atom. The predicted molar refractivity (Wildman–Crippen MR) is 358 cm³/mol. The molecule has 0 aromatic heterocycles. The Bertz CT molecular complexity index is 1830. The van der Waals surface area contributed by atoms with Gasteiger partial charge in [0, 0.05) is 25.7 Å². The standard InChI is InChI=1S/C70H132O17P2/c1-7-9-11-13-15-17-19-21-23-25-27-29-35-42-48-54-69(74)86-65(58-80-67(72)52-46-40-34-28-26-24-22-20-18-16-14-12-10-8-2)60-84-88(76,77)82-56-64(71)57-83-89(78,79)85-61-66(87-70(75)55-49-43-37-31-33-39-45-51-63(5)6)59-81-68(73)53-47-41-36-30-32-38-44-50-62(3)4/h17,19,21,23,62-66,71H,7-16,18,20,22,24-61H2,1-6H3,(H,76,77)(H,78,79)/b19-17-,23-21-/t64-,65-,66-/m1/s1. The highest BCUT2D eigenvalue weighted by molar-refractivity contribution is 7.47. The lowest BCUT2D eigenvalue weighted by Gasteiger charge is -2.21. The summed E-state index contributed by atoms with van der Waals surface area (Å²) in [7, 11) is -9.91.